The smallest absolute Gasteiger partial charge is 0.164 e. The minimum absolute atomic E-state index is 0.628. The van der Waals surface area contributed by atoms with Gasteiger partial charge in [0.15, 0.2) is 34.9 Å². The van der Waals surface area contributed by atoms with Crippen molar-refractivity contribution in [2.45, 2.75) is 13.8 Å². The molecule has 0 spiro atoms. The molecule has 0 aliphatic carbocycles. The first kappa shape index (κ1) is 36.4. The number of aryl methyl sites for hydroxylation is 2. The highest BCUT2D eigenvalue weighted by atomic mass is 15.0. The Morgan fingerprint density at radius 3 is 1.10 bits per heavy atom. The molecule has 0 radical (unpaired) electrons. The van der Waals surface area contributed by atoms with E-state index in [0.29, 0.717) is 34.9 Å². The van der Waals surface area contributed by atoms with Gasteiger partial charge in [0.1, 0.15) is 0 Å². The highest BCUT2D eigenvalue weighted by Gasteiger charge is 2.16. The molecule has 10 aromatic rings. The van der Waals surface area contributed by atoms with Crippen LogP contribution in [0.1, 0.15) is 11.1 Å². The van der Waals surface area contributed by atoms with E-state index < -0.39 is 0 Å². The number of benzene rings is 8. The monoisotopic (exact) mass is 770 g/mol. The highest BCUT2D eigenvalue weighted by Crippen LogP contribution is 2.35. The molecule has 8 aromatic carbocycles. The lowest BCUT2D eigenvalue weighted by atomic mass is 9.94. The van der Waals surface area contributed by atoms with Gasteiger partial charge in [-0.1, -0.05) is 187 Å². The van der Waals surface area contributed by atoms with E-state index in [2.05, 4.69) is 147 Å². The first-order valence-electron chi connectivity index (χ1n) is 20.0. The molecule has 6 heteroatoms. The maximum absolute atomic E-state index is 5.01. The fourth-order valence-corrected chi connectivity index (χ4v) is 7.48. The summed E-state index contributed by atoms with van der Waals surface area (Å²) in [5, 5.41) is 2.30. The lowest BCUT2D eigenvalue weighted by molar-refractivity contribution is 1.07. The molecule has 0 saturated carbocycles. The van der Waals surface area contributed by atoms with Gasteiger partial charge in [0.05, 0.1) is 0 Å². The van der Waals surface area contributed by atoms with Crippen molar-refractivity contribution < 1.29 is 0 Å². The Labute approximate surface area is 349 Å². The van der Waals surface area contributed by atoms with Gasteiger partial charge >= 0.3 is 0 Å². The van der Waals surface area contributed by atoms with Crippen LogP contribution in [-0.2, 0) is 0 Å². The molecule has 0 amide bonds. The quantitative estimate of drug-likeness (QED) is 0.153. The summed E-state index contributed by atoms with van der Waals surface area (Å²) in [5.74, 6) is 3.83. The standard InChI is InChI=1S/C54H38N6/c1-35-22-26-39(27-23-35)51-55-49(37-12-5-3-6-13-37)57-53(59-51)45-19-9-16-41(33-45)42-30-31-48-43(32-42)18-11-21-47(48)44-17-10-20-46(34-44)54-58-50(38-14-7-4-8-15-38)56-52(60-54)40-28-24-36(2)25-29-40/h3-34H,1-2H3. The SMILES string of the molecule is Cc1ccc(-c2nc(-c3ccccc3)nc(-c3cccc(-c4ccc5c(-c6cccc(-c7nc(-c8ccccc8)nc(-c8ccc(C)cc8)n7)c6)cccc5c4)c3)n2)cc1. The minimum Gasteiger partial charge on any atom is -0.208 e. The Hall–Kier alpha value is -7.96. The topological polar surface area (TPSA) is 77.3 Å². The molecule has 2 heterocycles. The Morgan fingerprint density at radius 1 is 0.250 bits per heavy atom. The maximum Gasteiger partial charge on any atom is 0.164 e. The van der Waals surface area contributed by atoms with Crippen LogP contribution in [0.3, 0.4) is 0 Å². The molecule has 0 aliphatic rings. The van der Waals surface area contributed by atoms with E-state index >= 15 is 0 Å². The van der Waals surface area contributed by atoms with Crippen molar-refractivity contribution in [1.29, 1.82) is 0 Å². The Morgan fingerprint density at radius 2 is 0.600 bits per heavy atom. The third kappa shape index (κ3) is 7.46. The fraction of sp³-hybridized carbons (Fsp3) is 0.0370. The van der Waals surface area contributed by atoms with Crippen LogP contribution in [0.5, 0.6) is 0 Å². The van der Waals surface area contributed by atoms with Crippen LogP contribution < -0.4 is 0 Å². The van der Waals surface area contributed by atoms with Gasteiger partial charge in [-0.05, 0) is 65.1 Å². The zero-order valence-electron chi connectivity index (χ0n) is 33.2. The van der Waals surface area contributed by atoms with Crippen LogP contribution in [-0.4, -0.2) is 29.9 Å². The van der Waals surface area contributed by atoms with Crippen molar-refractivity contribution >= 4 is 10.8 Å². The van der Waals surface area contributed by atoms with E-state index in [0.717, 1.165) is 66.4 Å². The summed E-state index contributed by atoms with van der Waals surface area (Å²) in [7, 11) is 0. The molecule has 2 aromatic heterocycles. The highest BCUT2D eigenvalue weighted by molar-refractivity contribution is 5.99. The number of nitrogens with zero attached hydrogens (tertiary/aromatic N) is 6. The van der Waals surface area contributed by atoms with Crippen LogP contribution in [0, 0.1) is 13.8 Å². The summed E-state index contributed by atoms with van der Waals surface area (Å²) in [5.41, 5.74) is 12.4. The fourth-order valence-electron chi connectivity index (χ4n) is 7.48. The molecule has 284 valence electrons. The number of fused-ring (bicyclic) bond motifs is 1. The van der Waals surface area contributed by atoms with Gasteiger partial charge in [0.25, 0.3) is 0 Å². The molecule has 0 fully saturated rings. The largest absolute Gasteiger partial charge is 0.208 e. The average molecular weight is 771 g/mol. The third-order valence-electron chi connectivity index (χ3n) is 10.7. The van der Waals surface area contributed by atoms with E-state index in [1.165, 1.54) is 11.1 Å². The van der Waals surface area contributed by atoms with Gasteiger partial charge in [0.2, 0.25) is 0 Å². The van der Waals surface area contributed by atoms with E-state index in [9.17, 15) is 0 Å². The summed E-state index contributed by atoms with van der Waals surface area (Å²) in [6.45, 7) is 4.16. The number of hydrogen-bond acceptors (Lipinski definition) is 6. The summed E-state index contributed by atoms with van der Waals surface area (Å²) >= 11 is 0. The molecule has 0 bridgehead atoms. The zero-order chi connectivity index (χ0) is 40.4. The van der Waals surface area contributed by atoms with Gasteiger partial charge in [-0.3, -0.25) is 0 Å². The predicted octanol–water partition coefficient (Wildman–Crippen LogP) is 13.2. The summed E-state index contributed by atoms with van der Waals surface area (Å²) in [6, 6.07) is 66.9. The van der Waals surface area contributed by atoms with Crippen LogP contribution in [0.25, 0.3) is 101 Å². The molecule has 10 rings (SSSR count). The zero-order valence-corrected chi connectivity index (χ0v) is 33.2. The first-order chi connectivity index (χ1) is 29.5. The van der Waals surface area contributed by atoms with Crippen molar-refractivity contribution in [1.82, 2.24) is 29.9 Å². The Bertz CT molecular complexity index is 3140. The number of rotatable bonds is 8. The van der Waals surface area contributed by atoms with Gasteiger partial charge in [-0.15, -0.1) is 0 Å². The molecule has 0 saturated heterocycles. The average Bonchev–Trinajstić information content (AvgIpc) is 3.32. The summed E-state index contributed by atoms with van der Waals surface area (Å²) < 4.78 is 0. The number of hydrogen-bond donors (Lipinski definition) is 0. The minimum atomic E-state index is 0.628. The van der Waals surface area contributed by atoms with E-state index in [1.54, 1.807) is 0 Å². The maximum atomic E-state index is 5.01. The van der Waals surface area contributed by atoms with E-state index in [-0.39, 0.29) is 0 Å². The predicted molar refractivity (Wildman–Crippen MR) is 244 cm³/mol. The van der Waals surface area contributed by atoms with Crippen molar-refractivity contribution in [2.75, 3.05) is 0 Å². The second kappa shape index (κ2) is 15.8. The lowest BCUT2D eigenvalue weighted by Gasteiger charge is -2.12. The lowest BCUT2D eigenvalue weighted by Crippen LogP contribution is -2.00. The third-order valence-corrected chi connectivity index (χ3v) is 10.7. The van der Waals surface area contributed by atoms with Crippen LogP contribution >= 0.6 is 0 Å². The molecular weight excluding hydrogens is 733 g/mol. The Balaban J connectivity index is 1.01. The van der Waals surface area contributed by atoms with Gasteiger partial charge < -0.3 is 0 Å². The molecule has 60 heavy (non-hydrogen) atoms. The van der Waals surface area contributed by atoms with Crippen molar-refractivity contribution in [2.24, 2.45) is 0 Å². The van der Waals surface area contributed by atoms with Crippen LogP contribution in [0.2, 0.25) is 0 Å². The van der Waals surface area contributed by atoms with E-state index in [4.69, 9.17) is 29.9 Å². The van der Waals surface area contributed by atoms with Crippen LogP contribution in [0.4, 0.5) is 0 Å². The molecule has 0 aliphatic heterocycles. The molecule has 0 atom stereocenters. The van der Waals surface area contributed by atoms with Gasteiger partial charge in [0, 0.05) is 33.4 Å². The molecule has 0 unspecified atom stereocenters. The summed E-state index contributed by atoms with van der Waals surface area (Å²) in [6.07, 6.45) is 0. The van der Waals surface area contributed by atoms with Crippen molar-refractivity contribution in [3.63, 3.8) is 0 Å². The van der Waals surface area contributed by atoms with Crippen molar-refractivity contribution in [3.05, 3.63) is 205 Å². The first-order valence-corrected chi connectivity index (χ1v) is 20.0. The second-order valence-corrected chi connectivity index (χ2v) is 15.0. The molecule has 6 nitrogen and oxygen atoms in total. The number of aromatic nitrogens is 6. The van der Waals surface area contributed by atoms with Gasteiger partial charge in [-0.2, -0.15) is 0 Å². The van der Waals surface area contributed by atoms with Gasteiger partial charge in [-0.25, -0.2) is 29.9 Å². The van der Waals surface area contributed by atoms with E-state index in [1.807, 2.05) is 60.7 Å². The van der Waals surface area contributed by atoms with Crippen molar-refractivity contribution in [3.8, 4) is 90.6 Å². The molecule has 0 N–H and O–H groups in total. The normalized spacial score (nSPS) is 11.2. The summed E-state index contributed by atoms with van der Waals surface area (Å²) in [4.78, 5) is 29.8. The second-order valence-electron chi connectivity index (χ2n) is 15.0. The Kier molecular flexibility index (Phi) is 9.56. The van der Waals surface area contributed by atoms with Crippen LogP contribution in [0.15, 0.2) is 194 Å². The molecular formula is C54H38N6.